The van der Waals surface area contributed by atoms with E-state index in [0.717, 1.165) is 0 Å². The number of rotatable bonds is 6. The summed E-state index contributed by atoms with van der Waals surface area (Å²) < 4.78 is 60.7. The van der Waals surface area contributed by atoms with Crippen molar-refractivity contribution in [3.8, 4) is 0 Å². The van der Waals surface area contributed by atoms with Gasteiger partial charge in [-0.2, -0.15) is 0 Å². The molecule has 0 bridgehead atoms. The predicted molar refractivity (Wildman–Crippen MR) is 60.6 cm³/mol. The molecule has 16 heteroatoms. The number of carbonyl (C=O) groups excluding carboxylic acids is 2. The van der Waals surface area contributed by atoms with Crippen LogP contribution in [0, 0.1) is 0 Å². The Bertz CT molecular complexity index is 471. The summed E-state index contributed by atoms with van der Waals surface area (Å²) in [5, 5.41) is 0. The van der Waals surface area contributed by atoms with Gasteiger partial charge in [0.05, 0.1) is 11.5 Å². The Labute approximate surface area is 166 Å². The predicted octanol–water partition coefficient (Wildman–Crippen LogP) is -8.47. The van der Waals surface area contributed by atoms with Crippen LogP contribution >= 0.6 is 21.6 Å². The summed E-state index contributed by atoms with van der Waals surface area (Å²) in [7, 11) is -9.61. The molecule has 0 saturated heterocycles. The summed E-state index contributed by atoms with van der Waals surface area (Å²) in [6.07, 6.45) is 0. The van der Waals surface area contributed by atoms with Crippen molar-refractivity contribution in [1.82, 2.24) is 10.9 Å². The van der Waals surface area contributed by atoms with Crippen molar-refractivity contribution in [2.75, 3.05) is 11.5 Å². The molecule has 0 radical (unpaired) electrons. The van der Waals surface area contributed by atoms with Crippen LogP contribution in [0.4, 0.5) is 0 Å². The van der Waals surface area contributed by atoms with Gasteiger partial charge in [-0.3, -0.25) is 20.4 Å². The van der Waals surface area contributed by atoms with Crippen molar-refractivity contribution in [3.63, 3.8) is 0 Å². The molecule has 106 valence electrons. The van der Waals surface area contributed by atoms with Gasteiger partial charge >= 0.3 is 59.1 Å². The summed E-state index contributed by atoms with van der Waals surface area (Å²) in [5.41, 5.74) is 3.44. The third-order valence-electron chi connectivity index (χ3n) is 1.01. The minimum atomic E-state index is -4.62. The molecular formula is C4H6N2Na2O8S4. The van der Waals surface area contributed by atoms with Crippen LogP contribution in [0.3, 0.4) is 0 Å². The van der Waals surface area contributed by atoms with Crippen LogP contribution in [0.1, 0.15) is 0 Å². The van der Waals surface area contributed by atoms with Crippen molar-refractivity contribution in [1.29, 1.82) is 0 Å². The van der Waals surface area contributed by atoms with E-state index in [1.54, 1.807) is 10.9 Å². The molecule has 0 aromatic heterocycles. The van der Waals surface area contributed by atoms with E-state index in [9.17, 15) is 35.5 Å². The number of hydrazine groups is 1. The smallest absolute Gasteiger partial charge is 0.739 e. The average Bonchev–Trinajstić information content (AvgIpc) is 2.18. The van der Waals surface area contributed by atoms with Crippen LogP contribution in [0.5, 0.6) is 0 Å². The molecule has 0 aliphatic carbocycles. The molecule has 0 heterocycles. The standard InChI is InChI=1S/C4H8N2O8S4.2Na/c7-3(1-15-17(9,10)11)5-6-4(8)2-16-18(12,13)14;;/h1-2H2,(H,5,7)(H,6,8)(H,9,10,11)(H,12,13,14);;/q;2*+1/p-2. The molecule has 0 rings (SSSR count). The molecule has 0 aliphatic rings. The second-order valence-electron chi connectivity index (χ2n) is 2.44. The summed E-state index contributed by atoms with van der Waals surface area (Å²) in [4.78, 5) is 21.7. The second-order valence-corrected chi connectivity index (χ2v) is 8.98. The Kier molecular flexibility index (Phi) is 15.8. The van der Waals surface area contributed by atoms with Gasteiger partial charge in [0, 0.05) is 0 Å². The SMILES string of the molecule is O=C(CSS(=O)(=O)[O-])NNC(=O)CSS(=O)(=O)[O-].[Na+].[Na+]. The summed E-state index contributed by atoms with van der Waals surface area (Å²) in [6.45, 7) is 0. The van der Waals surface area contributed by atoms with E-state index in [-0.39, 0.29) is 80.7 Å². The Hall–Kier alpha value is 1.46. The first-order chi connectivity index (χ1) is 7.99. The minimum absolute atomic E-state index is 0. The Morgan fingerprint density at radius 1 is 0.800 bits per heavy atom. The topological polar surface area (TPSA) is 173 Å². The fourth-order valence-electron chi connectivity index (χ4n) is 0.463. The molecule has 0 atom stereocenters. The summed E-state index contributed by atoms with van der Waals surface area (Å²) in [5.74, 6) is -3.44. The van der Waals surface area contributed by atoms with Gasteiger partial charge in [0.2, 0.25) is 11.8 Å². The second kappa shape index (κ2) is 12.0. The van der Waals surface area contributed by atoms with Gasteiger partial charge in [-0.05, 0) is 21.6 Å². The summed E-state index contributed by atoms with van der Waals surface area (Å²) in [6, 6.07) is 0. The molecule has 0 spiro atoms. The Morgan fingerprint density at radius 3 is 1.25 bits per heavy atom. The number of carbonyl (C=O) groups is 2. The van der Waals surface area contributed by atoms with Crippen molar-refractivity contribution in [3.05, 3.63) is 0 Å². The molecular weight excluding hydrogens is 378 g/mol. The molecule has 2 N–H and O–H groups in total. The maximum absolute atomic E-state index is 10.9. The zero-order valence-electron chi connectivity index (χ0n) is 10.3. The van der Waals surface area contributed by atoms with Gasteiger partial charge in [-0.15, -0.1) is 0 Å². The van der Waals surface area contributed by atoms with Crippen LogP contribution in [-0.2, 0) is 27.9 Å². The van der Waals surface area contributed by atoms with Crippen molar-refractivity contribution in [2.24, 2.45) is 0 Å². The number of hydrogen-bond donors (Lipinski definition) is 2. The van der Waals surface area contributed by atoms with Crippen LogP contribution in [0.25, 0.3) is 0 Å². The van der Waals surface area contributed by atoms with Crippen LogP contribution < -0.4 is 70.0 Å². The van der Waals surface area contributed by atoms with Gasteiger partial charge in [0.25, 0.3) is 0 Å². The van der Waals surface area contributed by atoms with Crippen molar-refractivity contribution >= 4 is 51.7 Å². The monoisotopic (exact) mass is 384 g/mol. The van der Waals surface area contributed by atoms with Gasteiger partial charge in [0.15, 0.2) is 0 Å². The molecule has 0 fully saturated rings. The van der Waals surface area contributed by atoms with Crippen molar-refractivity contribution in [2.45, 2.75) is 0 Å². The summed E-state index contributed by atoms with van der Waals surface area (Å²) >= 11 is 0. The first-order valence-electron chi connectivity index (χ1n) is 3.78. The zero-order chi connectivity index (χ0) is 14.4. The first-order valence-corrected chi connectivity index (χ1v) is 9.60. The molecule has 0 unspecified atom stereocenters. The number of hydrogen-bond acceptors (Lipinski definition) is 10. The molecule has 2 amide bonds. The molecule has 10 nitrogen and oxygen atoms in total. The average molecular weight is 384 g/mol. The Morgan fingerprint density at radius 2 is 1.05 bits per heavy atom. The fourth-order valence-corrected chi connectivity index (χ4v) is 2.62. The molecule has 0 aliphatic heterocycles. The van der Waals surface area contributed by atoms with Gasteiger partial charge < -0.3 is 9.11 Å². The van der Waals surface area contributed by atoms with Crippen LogP contribution in [0.2, 0.25) is 0 Å². The van der Waals surface area contributed by atoms with E-state index in [2.05, 4.69) is 0 Å². The number of amides is 2. The van der Waals surface area contributed by atoms with Gasteiger partial charge in [0.1, 0.15) is 18.3 Å². The van der Waals surface area contributed by atoms with E-state index < -0.39 is 41.6 Å². The Balaban J connectivity index is -0.00000144. The van der Waals surface area contributed by atoms with E-state index in [4.69, 9.17) is 0 Å². The third kappa shape index (κ3) is 19.5. The third-order valence-corrected chi connectivity index (χ3v) is 4.79. The maximum Gasteiger partial charge on any atom is 1.00 e. The van der Waals surface area contributed by atoms with E-state index >= 15 is 0 Å². The molecule has 0 aromatic rings. The quantitative estimate of drug-likeness (QED) is 0.194. The molecule has 0 saturated carbocycles. The first kappa shape index (κ1) is 26.4. The van der Waals surface area contributed by atoms with E-state index in [1.165, 1.54) is 0 Å². The van der Waals surface area contributed by atoms with E-state index in [0.29, 0.717) is 0 Å². The van der Waals surface area contributed by atoms with Crippen LogP contribution in [-0.4, -0.2) is 49.3 Å². The zero-order valence-corrected chi connectivity index (χ0v) is 17.6. The molecule has 0 aromatic carbocycles. The normalized spacial score (nSPS) is 10.7. The largest absolute Gasteiger partial charge is 1.00 e. The van der Waals surface area contributed by atoms with Gasteiger partial charge in [-0.1, -0.05) is 0 Å². The number of nitrogens with one attached hydrogen (secondary N) is 2. The fraction of sp³-hybridized carbons (Fsp3) is 0.500. The van der Waals surface area contributed by atoms with Gasteiger partial charge in [-0.25, -0.2) is 16.8 Å². The molecule has 20 heavy (non-hydrogen) atoms. The van der Waals surface area contributed by atoms with E-state index in [1.807, 2.05) is 0 Å². The minimum Gasteiger partial charge on any atom is -0.739 e. The van der Waals surface area contributed by atoms with Crippen LogP contribution in [0.15, 0.2) is 0 Å². The van der Waals surface area contributed by atoms with Crippen molar-refractivity contribution < 1.29 is 94.6 Å². The maximum atomic E-state index is 10.9.